The van der Waals surface area contributed by atoms with E-state index in [1.54, 1.807) is 24.0 Å². The molecule has 2 fully saturated rings. The number of aliphatic carboxylic acids is 1. The molecule has 0 aliphatic carbocycles. The number of benzene rings is 2. The molecule has 0 bridgehead atoms. The second kappa shape index (κ2) is 12.6. The van der Waals surface area contributed by atoms with Gasteiger partial charge in [0.05, 0.1) is 19.1 Å². The SMILES string of the molecule is CCCCN(C(=O)CN1C[C@H](c2ccc3c(c2)CCO3)[C@@H](C(=O)O)[C@@H]1CCN1CCCC1=O)c1ccc(F)c(C)c1. The molecule has 0 unspecified atom stereocenters. The third-order valence-electron chi connectivity index (χ3n) is 8.87. The molecule has 41 heavy (non-hydrogen) atoms. The van der Waals surface area contributed by atoms with Gasteiger partial charge >= 0.3 is 5.97 Å². The van der Waals surface area contributed by atoms with Crippen LogP contribution >= 0.6 is 0 Å². The fraction of sp³-hybridized carbons (Fsp3) is 0.531. The molecule has 0 aromatic heterocycles. The van der Waals surface area contributed by atoms with E-state index in [0.717, 1.165) is 42.6 Å². The van der Waals surface area contributed by atoms with Crippen LogP contribution in [0.3, 0.4) is 0 Å². The number of amides is 2. The van der Waals surface area contributed by atoms with Gasteiger partial charge in [0.2, 0.25) is 11.8 Å². The molecule has 2 amide bonds. The highest BCUT2D eigenvalue weighted by Crippen LogP contribution is 2.41. The van der Waals surface area contributed by atoms with E-state index in [9.17, 15) is 23.9 Å². The van der Waals surface area contributed by atoms with Crippen molar-refractivity contribution in [1.82, 2.24) is 9.80 Å². The van der Waals surface area contributed by atoms with Gasteiger partial charge in [-0.2, -0.15) is 0 Å². The molecule has 3 atom stereocenters. The van der Waals surface area contributed by atoms with E-state index in [1.807, 2.05) is 21.9 Å². The Bertz CT molecular complexity index is 1300. The second-order valence-corrected chi connectivity index (χ2v) is 11.5. The Morgan fingerprint density at radius 1 is 1.17 bits per heavy atom. The third kappa shape index (κ3) is 6.25. The van der Waals surface area contributed by atoms with E-state index in [4.69, 9.17) is 4.74 Å². The van der Waals surface area contributed by atoms with Crippen LogP contribution in [-0.2, 0) is 20.8 Å². The van der Waals surface area contributed by atoms with Crippen LogP contribution in [-0.4, -0.2) is 78.1 Å². The highest BCUT2D eigenvalue weighted by molar-refractivity contribution is 5.95. The molecular formula is C32H40FN3O5. The maximum atomic E-state index is 14.0. The zero-order valence-electron chi connectivity index (χ0n) is 24.0. The summed E-state index contributed by atoms with van der Waals surface area (Å²) < 4.78 is 19.7. The maximum absolute atomic E-state index is 14.0. The molecule has 5 rings (SSSR count). The largest absolute Gasteiger partial charge is 0.493 e. The highest BCUT2D eigenvalue weighted by Gasteiger charge is 2.47. The number of ether oxygens (including phenoxy) is 1. The number of fused-ring (bicyclic) bond motifs is 1. The predicted octanol–water partition coefficient (Wildman–Crippen LogP) is 4.38. The van der Waals surface area contributed by atoms with E-state index in [-0.39, 0.29) is 30.1 Å². The van der Waals surface area contributed by atoms with Gasteiger partial charge in [0.25, 0.3) is 0 Å². The van der Waals surface area contributed by atoms with E-state index < -0.39 is 17.9 Å². The van der Waals surface area contributed by atoms with E-state index in [0.29, 0.717) is 56.9 Å². The van der Waals surface area contributed by atoms with E-state index in [2.05, 4.69) is 13.0 Å². The Balaban J connectivity index is 1.43. The normalized spacial score (nSPS) is 22.2. The molecule has 220 valence electrons. The number of anilines is 1. The minimum Gasteiger partial charge on any atom is -0.493 e. The first-order valence-electron chi connectivity index (χ1n) is 14.8. The van der Waals surface area contributed by atoms with Gasteiger partial charge in [0, 0.05) is 56.7 Å². The van der Waals surface area contributed by atoms with Crippen molar-refractivity contribution in [2.75, 3.05) is 44.2 Å². The number of hydrogen-bond acceptors (Lipinski definition) is 5. The van der Waals surface area contributed by atoms with Gasteiger partial charge in [0.15, 0.2) is 0 Å². The molecule has 0 radical (unpaired) electrons. The predicted molar refractivity (Wildman–Crippen MR) is 154 cm³/mol. The summed E-state index contributed by atoms with van der Waals surface area (Å²) in [5.74, 6) is -1.43. The first-order chi connectivity index (χ1) is 19.8. The number of carbonyl (C=O) groups excluding carboxylic acids is 2. The lowest BCUT2D eigenvalue weighted by atomic mass is 9.83. The van der Waals surface area contributed by atoms with Crippen molar-refractivity contribution in [2.45, 2.75) is 64.3 Å². The molecule has 2 saturated heterocycles. The molecule has 0 saturated carbocycles. The number of unbranched alkanes of at least 4 members (excludes halogenated alkanes) is 1. The van der Waals surface area contributed by atoms with Crippen LogP contribution in [0.1, 0.15) is 61.6 Å². The van der Waals surface area contributed by atoms with Crippen LogP contribution in [0.5, 0.6) is 5.75 Å². The summed E-state index contributed by atoms with van der Waals surface area (Å²) in [7, 11) is 0. The number of rotatable bonds is 11. The van der Waals surface area contributed by atoms with Crippen molar-refractivity contribution in [2.24, 2.45) is 5.92 Å². The van der Waals surface area contributed by atoms with E-state index >= 15 is 0 Å². The Morgan fingerprint density at radius 3 is 2.71 bits per heavy atom. The average Bonchev–Trinajstić information content (AvgIpc) is 3.67. The van der Waals surface area contributed by atoms with E-state index in [1.165, 1.54) is 6.07 Å². The van der Waals surface area contributed by atoms with Crippen molar-refractivity contribution >= 4 is 23.5 Å². The Hall–Kier alpha value is -3.46. The standard InChI is InChI=1S/C32H40FN3O5/c1-3-4-14-36(24-8-9-26(33)21(2)17-24)30(38)20-35-19-25(22-7-10-28-23(18-22)12-16-41-28)31(32(39)40)27(35)11-15-34-13-5-6-29(34)37/h7-10,17-18,25,27,31H,3-6,11-16,19-20H2,1-2H3,(H,39,40)/t25-,27+,31-/m1/s1. The van der Waals surface area contributed by atoms with Crippen LogP contribution in [0.4, 0.5) is 10.1 Å². The zero-order valence-corrected chi connectivity index (χ0v) is 24.0. The first-order valence-corrected chi connectivity index (χ1v) is 14.8. The van der Waals surface area contributed by atoms with Gasteiger partial charge in [-0.1, -0.05) is 25.5 Å². The molecule has 2 aromatic carbocycles. The second-order valence-electron chi connectivity index (χ2n) is 11.5. The fourth-order valence-corrected chi connectivity index (χ4v) is 6.63. The molecule has 0 spiro atoms. The summed E-state index contributed by atoms with van der Waals surface area (Å²) >= 11 is 0. The Labute approximate surface area is 241 Å². The van der Waals surface area contributed by atoms with Crippen molar-refractivity contribution in [3.05, 3.63) is 58.9 Å². The van der Waals surface area contributed by atoms with Crippen LogP contribution in [0, 0.1) is 18.7 Å². The minimum atomic E-state index is -0.892. The van der Waals surface area contributed by atoms with Gasteiger partial charge in [-0.05, 0) is 67.1 Å². The number of nitrogens with zero attached hydrogens (tertiary/aromatic N) is 3. The highest BCUT2D eigenvalue weighted by atomic mass is 19.1. The Kier molecular flexibility index (Phi) is 8.92. The Morgan fingerprint density at radius 2 is 2.00 bits per heavy atom. The molecular weight excluding hydrogens is 525 g/mol. The van der Waals surface area contributed by atoms with Crippen molar-refractivity contribution in [3.63, 3.8) is 0 Å². The van der Waals surface area contributed by atoms with Gasteiger partial charge in [-0.25, -0.2) is 4.39 Å². The van der Waals surface area contributed by atoms with Crippen LogP contribution in [0.2, 0.25) is 0 Å². The maximum Gasteiger partial charge on any atom is 0.308 e. The summed E-state index contributed by atoms with van der Waals surface area (Å²) in [6.07, 6.45) is 4.30. The minimum absolute atomic E-state index is 0.0487. The lowest BCUT2D eigenvalue weighted by molar-refractivity contribution is -0.143. The molecule has 2 aromatic rings. The first kappa shape index (κ1) is 29.0. The van der Waals surface area contributed by atoms with Gasteiger partial charge < -0.3 is 19.6 Å². The fourth-order valence-electron chi connectivity index (χ4n) is 6.63. The van der Waals surface area contributed by atoms with Crippen LogP contribution < -0.4 is 9.64 Å². The molecule has 1 N–H and O–H groups in total. The lowest BCUT2D eigenvalue weighted by Gasteiger charge is -2.31. The quantitative estimate of drug-likeness (QED) is 0.435. The van der Waals surface area contributed by atoms with Crippen LogP contribution in [0.25, 0.3) is 0 Å². The average molecular weight is 566 g/mol. The molecule has 3 heterocycles. The monoisotopic (exact) mass is 565 g/mol. The number of aryl methyl sites for hydroxylation is 1. The third-order valence-corrected chi connectivity index (χ3v) is 8.87. The number of halogens is 1. The molecule has 8 nitrogen and oxygen atoms in total. The smallest absolute Gasteiger partial charge is 0.308 e. The molecule has 9 heteroatoms. The number of carboxylic acids is 1. The summed E-state index contributed by atoms with van der Waals surface area (Å²) in [4.78, 5) is 44.6. The van der Waals surface area contributed by atoms with Gasteiger partial charge in [-0.3, -0.25) is 19.3 Å². The summed E-state index contributed by atoms with van der Waals surface area (Å²) in [5.41, 5.74) is 3.14. The molecule has 3 aliphatic rings. The number of carbonyl (C=O) groups is 3. The van der Waals surface area contributed by atoms with Gasteiger partial charge in [-0.15, -0.1) is 0 Å². The number of hydrogen-bond donors (Lipinski definition) is 1. The number of carboxylic acid groups (broad SMARTS) is 1. The van der Waals surface area contributed by atoms with Gasteiger partial charge in [0.1, 0.15) is 11.6 Å². The summed E-state index contributed by atoms with van der Waals surface area (Å²) in [6, 6.07) is 10.2. The molecule has 3 aliphatic heterocycles. The van der Waals surface area contributed by atoms with Crippen molar-refractivity contribution in [1.29, 1.82) is 0 Å². The number of likely N-dealkylation sites (tertiary alicyclic amines) is 2. The summed E-state index contributed by atoms with van der Waals surface area (Å²) in [6.45, 7) is 6.48. The van der Waals surface area contributed by atoms with Crippen LogP contribution in [0.15, 0.2) is 36.4 Å². The lowest BCUT2D eigenvalue weighted by Crippen LogP contribution is -2.45. The topological polar surface area (TPSA) is 90.4 Å². The van der Waals surface area contributed by atoms with Crippen molar-refractivity contribution in [3.8, 4) is 5.75 Å². The zero-order chi connectivity index (χ0) is 29.1. The summed E-state index contributed by atoms with van der Waals surface area (Å²) in [5, 5.41) is 10.5. The van der Waals surface area contributed by atoms with Crippen molar-refractivity contribution < 1.29 is 28.6 Å².